The van der Waals surface area contributed by atoms with Gasteiger partial charge in [-0.15, -0.1) is 0 Å². The molecule has 1 saturated heterocycles. The molecule has 21 heavy (non-hydrogen) atoms. The molecule has 0 bridgehead atoms. The molecule has 2 N–H and O–H groups in total. The zero-order valence-corrected chi connectivity index (χ0v) is 13.0. The summed E-state index contributed by atoms with van der Waals surface area (Å²) in [4.78, 5) is 28.2. The molecule has 1 unspecified atom stereocenters. The molecular weight excluding hydrogens is 268 g/mol. The highest BCUT2D eigenvalue weighted by Gasteiger charge is 2.30. The SMILES string of the molecule is CCNC(=O)C1CNCCN1CC(=O)N(C)C1=CCCC1. The van der Waals surface area contributed by atoms with E-state index in [2.05, 4.69) is 16.7 Å². The minimum absolute atomic E-state index is 0.000218. The van der Waals surface area contributed by atoms with Gasteiger partial charge in [0.2, 0.25) is 11.8 Å². The van der Waals surface area contributed by atoms with E-state index in [-0.39, 0.29) is 17.9 Å². The Labute approximate surface area is 126 Å². The van der Waals surface area contributed by atoms with E-state index in [0.717, 1.165) is 38.0 Å². The molecule has 2 aliphatic rings. The second-order valence-corrected chi connectivity index (χ2v) is 5.63. The first kappa shape index (κ1) is 16.0. The van der Waals surface area contributed by atoms with E-state index in [0.29, 0.717) is 19.6 Å². The predicted octanol–water partition coefficient (Wildman–Crippen LogP) is -0.0775. The number of allylic oxidation sites excluding steroid dienone is 2. The lowest BCUT2D eigenvalue weighted by Gasteiger charge is -2.35. The van der Waals surface area contributed by atoms with Crippen LogP contribution in [0.1, 0.15) is 26.2 Å². The number of carbonyl (C=O) groups excluding carboxylic acids is 2. The van der Waals surface area contributed by atoms with Crippen molar-refractivity contribution < 1.29 is 9.59 Å². The Morgan fingerprint density at radius 1 is 1.52 bits per heavy atom. The van der Waals surface area contributed by atoms with Gasteiger partial charge in [-0.3, -0.25) is 14.5 Å². The van der Waals surface area contributed by atoms with Crippen molar-refractivity contribution in [3.05, 3.63) is 11.8 Å². The second kappa shape index (κ2) is 7.56. The molecule has 6 nitrogen and oxygen atoms in total. The van der Waals surface area contributed by atoms with Gasteiger partial charge >= 0.3 is 0 Å². The molecule has 1 heterocycles. The fourth-order valence-electron chi connectivity index (χ4n) is 2.88. The molecule has 0 aromatic rings. The fraction of sp³-hybridized carbons (Fsp3) is 0.733. The Bertz CT molecular complexity index is 422. The summed E-state index contributed by atoms with van der Waals surface area (Å²) in [5.41, 5.74) is 1.12. The lowest BCUT2D eigenvalue weighted by atomic mass is 10.1. The van der Waals surface area contributed by atoms with Crippen LogP contribution in [0.5, 0.6) is 0 Å². The highest BCUT2D eigenvalue weighted by molar-refractivity contribution is 5.84. The third kappa shape index (κ3) is 4.04. The smallest absolute Gasteiger partial charge is 0.240 e. The van der Waals surface area contributed by atoms with Gasteiger partial charge in [-0.05, 0) is 26.2 Å². The van der Waals surface area contributed by atoms with Crippen LogP contribution >= 0.6 is 0 Å². The van der Waals surface area contributed by atoms with Crippen LogP contribution < -0.4 is 10.6 Å². The molecular formula is C15H26N4O2. The Morgan fingerprint density at radius 3 is 3.00 bits per heavy atom. The van der Waals surface area contributed by atoms with Gasteiger partial charge in [-0.25, -0.2) is 0 Å². The molecule has 0 saturated carbocycles. The molecule has 2 amide bonds. The summed E-state index contributed by atoms with van der Waals surface area (Å²) in [5, 5.41) is 6.07. The summed E-state index contributed by atoms with van der Waals surface area (Å²) in [5.74, 6) is 0.0691. The molecule has 0 spiro atoms. The molecule has 1 aliphatic heterocycles. The van der Waals surface area contributed by atoms with Crippen LogP contribution in [0.15, 0.2) is 11.8 Å². The minimum Gasteiger partial charge on any atom is -0.355 e. The largest absolute Gasteiger partial charge is 0.355 e. The highest BCUT2D eigenvalue weighted by Crippen LogP contribution is 2.20. The number of amides is 2. The van der Waals surface area contributed by atoms with E-state index in [1.807, 2.05) is 18.9 Å². The van der Waals surface area contributed by atoms with Gasteiger partial charge < -0.3 is 15.5 Å². The monoisotopic (exact) mass is 294 g/mol. The van der Waals surface area contributed by atoms with E-state index in [1.165, 1.54) is 0 Å². The van der Waals surface area contributed by atoms with Crippen LogP contribution in [0.25, 0.3) is 0 Å². The Kier molecular flexibility index (Phi) is 5.76. The molecule has 2 rings (SSSR count). The number of piperazine rings is 1. The summed E-state index contributed by atoms with van der Waals surface area (Å²) in [7, 11) is 1.84. The van der Waals surface area contributed by atoms with Crippen molar-refractivity contribution in [2.45, 2.75) is 32.2 Å². The Hall–Kier alpha value is -1.40. The number of carbonyl (C=O) groups is 2. The van der Waals surface area contributed by atoms with E-state index in [4.69, 9.17) is 0 Å². The molecule has 1 aliphatic carbocycles. The summed E-state index contributed by atoms with van der Waals surface area (Å²) < 4.78 is 0. The molecule has 0 radical (unpaired) electrons. The van der Waals surface area contributed by atoms with Gasteiger partial charge in [0.1, 0.15) is 6.04 Å². The normalized spacial score (nSPS) is 22.8. The maximum atomic E-state index is 12.4. The van der Waals surface area contributed by atoms with Crippen LogP contribution in [0.4, 0.5) is 0 Å². The lowest BCUT2D eigenvalue weighted by Crippen LogP contribution is -2.59. The van der Waals surface area contributed by atoms with Gasteiger partial charge in [0.25, 0.3) is 0 Å². The topological polar surface area (TPSA) is 64.7 Å². The summed E-state index contributed by atoms with van der Waals surface area (Å²) in [6.07, 6.45) is 5.30. The Balaban J connectivity index is 1.94. The van der Waals surface area contributed by atoms with E-state index in [1.54, 1.807) is 4.90 Å². The third-order valence-electron chi connectivity index (χ3n) is 4.17. The highest BCUT2D eigenvalue weighted by atomic mass is 16.2. The first-order chi connectivity index (χ1) is 10.1. The third-order valence-corrected chi connectivity index (χ3v) is 4.17. The summed E-state index contributed by atoms with van der Waals surface area (Å²) in [6.45, 7) is 4.97. The van der Waals surface area contributed by atoms with Crippen molar-refractivity contribution in [3.63, 3.8) is 0 Å². The van der Waals surface area contributed by atoms with Gasteiger partial charge in [-0.2, -0.15) is 0 Å². The van der Waals surface area contributed by atoms with E-state index >= 15 is 0 Å². The first-order valence-electron chi connectivity index (χ1n) is 7.81. The quantitative estimate of drug-likeness (QED) is 0.744. The number of hydrogen-bond acceptors (Lipinski definition) is 4. The minimum atomic E-state index is -0.256. The molecule has 0 aromatic carbocycles. The van der Waals surface area contributed by atoms with Crippen molar-refractivity contribution in [1.82, 2.24) is 20.4 Å². The standard InChI is InChI=1S/C15H26N4O2/c1-3-17-15(21)13-10-16-8-9-19(13)11-14(20)18(2)12-6-4-5-7-12/h6,13,16H,3-5,7-11H2,1-2H3,(H,17,21). The van der Waals surface area contributed by atoms with Crippen LogP contribution in [0.3, 0.4) is 0 Å². The second-order valence-electron chi connectivity index (χ2n) is 5.63. The number of hydrogen-bond donors (Lipinski definition) is 2. The van der Waals surface area contributed by atoms with Gasteiger partial charge in [0.15, 0.2) is 0 Å². The van der Waals surface area contributed by atoms with Crippen LogP contribution in [0.2, 0.25) is 0 Å². The average molecular weight is 294 g/mol. The fourth-order valence-corrected chi connectivity index (χ4v) is 2.88. The number of rotatable bonds is 5. The zero-order chi connectivity index (χ0) is 15.2. The summed E-state index contributed by atoms with van der Waals surface area (Å²) in [6, 6.07) is -0.256. The number of nitrogens with zero attached hydrogens (tertiary/aromatic N) is 2. The number of likely N-dealkylation sites (N-methyl/N-ethyl adjacent to an activating group) is 2. The first-order valence-corrected chi connectivity index (χ1v) is 7.81. The predicted molar refractivity (Wildman–Crippen MR) is 81.6 cm³/mol. The van der Waals surface area contributed by atoms with Crippen molar-refractivity contribution in [1.29, 1.82) is 0 Å². The average Bonchev–Trinajstić information content (AvgIpc) is 3.01. The van der Waals surface area contributed by atoms with E-state index in [9.17, 15) is 9.59 Å². The maximum absolute atomic E-state index is 12.4. The molecule has 6 heteroatoms. The van der Waals surface area contributed by atoms with Crippen molar-refractivity contribution in [2.75, 3.05) is 39.8 Å². The molecule has 1 fully saturated rings. The summed E-state index contributed by atoms with van der Waals surface area (Å²) >= 11 is 0. The number of nitrogens with one attached hydrogen (secondary N) is 2. The van der Waals surface area contributed by atoms with Gasteiger partial charge in [0, 0.05) is 38.9 Å². The van der Waals surface area contributed by atoms with Crippen LogP contribution in [0, 0.1) is 0 Å². The van der Waals surface area contributed by atoms with Gasteiger partial charge in [-0.1, -0.05) is 6.08 Å². The van der Waals surface area contributed by atoms with Crippen LogP contribution in [-0.2, 0) is 9.59 Å². The van der Waals surface area contributed by atoms with Crippen molar-refractivity contribution in [3.8, 4) is 0 Å². The van der Waals surface area contributed by atoms with Gasteiger partial charge in [0.05, 0.1) is 6.54 Å². The maximum Gasteiger partial charge on any atom is 0.240 e. The Morgan fingerprint density at radius 2 is 2.33 bits per heavy atom. The van der Waals surface area contributed by atoms with Crippen molar-refractivity contribution >= 4 is 11.8 Å². The zero-order valence-electron chi connectivity index (χ0n) is 13.0. The van der Waals surface area contributed by atoms with Crippen molar-refractivity contribution in [2.24, 2.45) is 0 Å². The van der Waals surface area contributed by atoms with E-state index < -0.39 is 0 Å². The molecule has 118 valence electrons. The molecule has 1 atom stereocenters. The molecule has 0 aromatic heterocycles. The van der Waals surface area contributed by atoms with Crippen LogP contribution in [-0.4, -0.2) is 67.4 Å². The lowest BCUT2D eigenvalue weighted by molar-refractivity contribution is -0.133.